The van der Waals surface area contributed by atoms with Gasteiger partial charge in [0.25, 0.3) is 12.4 Å². The van der Waals surface area contributed by atoms with Crippen molar-refractivity contribution in [3.05, 3.63) is 58.7 Å². The van der Waals surface area contributed by atoms with Gasteiger partial charge in [0.15, 0.2) is 6.10 Å². The number of hydrogen-bond acceptors (Lipinski definition) is 8. The fourth-order valence-electron chi connectivity index (χ4n) is 7.77. The molecule has 0 saturated carbocycles. The van der Waals surface area contributed by atoms with Crippen LogP contribution in [-0.4, -0.2) is 121 Å². The molecule has 0 aliphatic carbocycles. The third-order valence-corrected chi connectivity index (χ3v) is 10.5. The van der Waals surface area contributed by atoms with Crippen molar-refractivity contribution in [3.63, 3.8) is 0 Å². The van der Waals surface area contributed by atoms with E-state index < -0.39 is 12.2 Å². The normalized spacial score (nSPS) is 20.2. The lowest BCUT2D eigenvalue weighted by Gasteiger charge is -2.41. The van der Waals surface area contributed by atoms with Crippen molar-refractivity contribution in [2.24, 2.45) is 0 Å². The number of piperazine rings is 1. The molecule has 4 amide bonds. The molecule has 3 saturated heterocycles. The molecular formula is C37H49N5O7. The van der Waals surface area contributed by atoms with Crippen molar-refractivity contribution >= 4 is 30.2 Å². The second-order valence-corrected chi connectivity index (χ2v) is 13.5. The maximum atomic E-state index is 14.1. The molecule has 0 spiro atoms. The highest BCUT2D eigenvalue weighted by Gasteiger charge is 2.36. The average Bonchev–Trinajstić information content (AvgIpc) is 3.30. The van der Waals surface area contributed by atoms with E-state index in [-0.39, 0.29) is 24.4 Å². The molecule has 264 valence electrons. The van der Waals surface area contributed by atoms with Gasteiger partial charge in [0.1, 0.15) is 5.75 Å². The van der Waals surface area contributed by atoms with Gasteiger partial charge < -0.3 is 34.2 Å². The molecule has 0 unspecified atom stereocenters. The first kappa shape index (κ1) is 34.7. The van der Waals surface area contributed by atoms with Gasteiger partial charge in [-0.05, 0) is 73.8 Å². The van der Waals surface area contributed by atoms with Crippen molar-refractivity contribution in [1.82, 2.24) is 19.6 Å². The molecule has 4 heterocycles. The SMILES string of the molecule is CCc1cc(C[C@@H](OC(=O)N2CCC(N3CCc4ccccc4NC3=O)CC2)C(=O)N2CCN(C3CCOCC3)CC2)cc(C)c1OC=O. The highest BCUT2D eigenvalue weighted by atomic mass is 16.6. The Labute approximate surface area is 288 Å². The maximum absolute atomic E-state index is 14.1. The van der Waals surface area contributed by atoms with Crippen molar-refractivity contribution in [2.75, 3.05) is 64.3 Å². The van der Waals surface area contributed by atoms with Gasteiger partial charge in [-0.1, -0.05) is 37.3 Å². The van der Waals surface area contributed by atoms with E-state index in [9.17, 15) is 19.2 Å². The number of benzene rings is 2. The number of piperidine rings is 1. The Balaban J connectivity index is 1.11. The summed E-state index contributed by atoms with van der Waals surface area (Å²) in [6.07, 6.45) is 3.37. The molecule has 2 aromatic rings. The van der Waals surface area contributed by atoms with Crippen molar-refractivity contribution in [2.45, 2.75) is 77.0 Å². The van der Waals surface area contributed by atoms with Crippen LogP contribution in [-0.2, 0) is 38.3 Å². The third-order valence-electron chi connectivity index (χ3n) is 10.5. The number of rotatable bonds is 9. The summed E-state index contributed by atoms with van der Waals surface area (Å²) in [4.78, 5) is 59.9. The van der Waals surface area contributed by atoms with Crippen LogP contribution in [0.15, 0.2) is 36.4 Å². The number of nitrogens with one attached hydrogen (secondary N) is 1. The fourth-order valence-corrected chi connectivity index (χ4v) is 7.77. The molecule has 0 aromatic heterocycles. The number of hydrogen-bond donors (Lipinski definition) is 1. The summed E-state index contributed by atoms with van der Waals surface area (Å²) in [5, 5.41) is 3.05. The molecule has 1 atom stereocenters. The Hall–Kier alpha value is -4.16. The summed E-state index contributed by atoms with van der Waals surface area (Å²) in [7, 11) is 0. The van der Waals surface area contributed by atoms with E-state index in [2.05, 4.69) is 10.2 Å². The van der Waals surface area contributed by atoms with Crippen LogP contribution >= 0.6 is 0 Å². The van der Waals surface area contributed by atoms with E-state index in [4.69, 9.17) is 14.2 Å². The number of para-hydroxylation sites is 1. The van der Waals surface area contributed by atoms with Gasteiger partial charge in [0.2, 0.25) is 0 Å². The van der Waals surface area contributed by atoms with E-state index in [1.54, 1.807) is 4.90 Å². The number of anilines is 1. The molecule has 49 heavy (non-hydrogen) atoms. The van der Waals surface area contributed by atoms with Crippen LogP contribution < -0.4 is 10.1 Å². The molecule has 1 N–H and O–H groups in total. The van der Waals surface area contributed by atoms with Crippen LogP contribution in [0.3, 0.4) is 0 Å². The first-order chi connectivity index (χ1) is 23.8. The Kier molecular flexibility index (Phi) is 11.4. The number of likely N-dealkylation sites (tertiary alicyclic amines) is 1. The third kappa shape index (κ3) is 8.18. The minimum absolute atomic E-state index is 0.00496. The average molecular weight is 676 g/mol. The zero-order valence-corrected chi connectivity index (χ0v) is 28.7. The van der Waals surface area contributed by atoms with Crippen molar-refractivity contribution in [3.8, 4) is 5.75 Å². The summed E-state index contributed by atoms with van der Waals surface area (Å²) < 4.78 is 16.9. The predicted octanol–water partition coefficient (Wildman–Crippen LogP) is 4.02. The second-order valence-electron chi connectivity index (χ2n) is 13.5. The Morgan fingerprint density at radius 3 is 2.41 bits per heavy atom. The molecular weight excluding hydrogens is 626 g/mol. The van der Waals surface area contributed by atoms with Crippen LogP contribution in [0.25, 0.3) is 0 Å². The van der Waals surface area contributed by atoms with E-state index in [1.807, 2.05) is 60.0 Å². The highest BCUT2D eigenvalue weighted by Crippen LogP contribution is 2.28. The minimum Gasteiger partial charge on any atom is -0.436 e. The van der Waals surface area contributed by atoms with Gasteiger partial charge in [-0.2, -0.15) is 0 Å². The topological polar surface area (TPSA) is 121 Å². The first-order valence-electron chi connectivity index (χ1n) is 17.8. The number of nitrogens with zero attached hydrogens (tertiary/aromatic N) is 4. The summed E-state index contributed by atoms with van der Waals surface area (Å²) >= 11 is 0. The number of aryl methyl sites for hydroxylation is 2. The molecule has 12 nitrogen and oxygen atoms in total. The standard InChI is InChI=1S/C37H49N5O7/c1-3-28-23-27(22-26(2)34(28)48-25-43)24-33(35(44)40-18-16-39(17-19-40)30-11-20-47-21-12-30)49-37(46)41-13-9-31(10-14-41)42-15-8-29-6-4-5-7-32(29)38-36(42)45/h4-7,22-23,25,30-31,33H,3,8-21,24H2,1-2H3,(H,38,45)/t33-/m1/s1. The van der Waals surface area contributed by atoms with E-state index in [1.165, 1.54) is 0 Å². The lowest BCUT2D eigenvalue weighted by molar-refractivity contribution is -0.143. The lowest BCUT2D eigenvalue weighted by Crippen LogP contribution is -2.56. The Bertz CT molecular complexity index is 1500. The summed E-state index contributed by atoms with van der Waals surface area (Å²) in [5.41, 5.74) is 4.45. The number of fused-ring (bicyclic) bond motifs is 1. The highest BCUT2D eigenvalue weighted by molar-refractivity contribution is 5.91. The Morgan fingerprint density at radius 1 is 0.959 bits per heavy atom. The molecule has 2 aromatic carbocycles. The van der Waals surface area contributed by atoms with Gasteiger partial charge >= 0.3 is 12.1 Å². The summed E-state index contributed by atoms with van der Waals surface area (Å²) in [6.45, 7) is 10.00. The van der Waals surface area contributed by atoms with Gasteiger partial charge in [0, 0.05) is 83.2 Å². The molecule has 6 rings (SSSR count). The predicted molar refractivity (Wildman–Crippen MR) is 184 cm³/mol. The van der Waals surface area contributed by atoms with Crippen molar-refractivity contribution in [1.29, 1.82) is 0 Å². The zero-order valence-electron chi connectivity index (χ0n) is 28.7. The fraction of sp³-hybridized carbons (Fsp3) is 0.568. The van der Waals surface area contributed by atoms with Gasteiger partial charge in [0.05, 0.1) is 0 Å². The maximum Gasteiger partial charge on any atom is 0.410 e. The number of amides is 4. The van der Waals surface area contributed by atoms with Crippen LogP contribution in [0.2, 0.25) is 0 Å². The molecule has 3 fully saturated rings. The zero-order chi connectivity index (χ0) is 34.3. The Morgan fingerprint density at radius 2 is 1.69 bits per heavy atom. The van der Waals surface area contributed by atoms with Gasteiger partial charge in [-0.25, -0.2) is 9.59 Å². The van der Waals surface area contributed by atoms with E-state index in [0.29, 0.717) is 70.2 Å². The summed E-state index contributed by atoms with van der Waals surface area (Å²) in [5.74, 6) is 0.329. The molecule has 4 aliphatic rings. The molecule has 0 bridgehead atoms. The van der Waals surface area contributed by atoms with Gasteiger partial charge in [-0.3, -0.25) is 14.5 Å². The largest absolute Gasteiger partial charge is 0.436 e. The molecule has 12 heteroatoms. The first-order valence-corrected chi connectivity index (χ1v) is 17.8. The van der Waals surface area contributed by atoms with E-state index >= 15 is 0 Å². The van der Waals surface area contributed by atoms with E-state index in [0.717, 1.165) is 73.5 Å². The molecule has 0 radical (unpaired) electrons. The smallest absolute Gasteiger partial charge is 0.410 e. The van der Waals surface area contributed by atoms with Crippen molar-refractivity contribution < 1.29 is 33.4 Å². The number of ether oxygens (including phenoxy) is 3. The van der Waals surface area contributed by atoms with Crippen LogP contribution in [0, 0.1) is 6.92 Å². The van der Waals surface area contributed by atoms with Gasteiger partial charge in [-0.15, -0.1) is 0 Å². The quantitative estimate of drug-likeness (QED) is 0.396. The monoisotopic (exact) mass is 675 g/mol. The number of carbonyl (C=O) groups is 4. The number of carbonyl (C=O) groups excluding carboxylic acids is 4. The number of urea groups is 1. The second kappa shape index (κ2) is 16.0. The van der Waals surface area contributed by atoms with Crippen LogP contribution in [0.1, 0.15) is 54.9 Å². The summed E-state index contributed by atoms with van der Waals surface area (Å²) in [6, 6.07) is 12.1. The minimum atomic E-state index is -1.00. The lowest BCUT2D eigenvalue weighted by atomic mass is 9.98. The molecule has 4 aliphatic heterocycles. The van der Waals surface area contributed by atoms with Crippen LogP contribution in [0.4, 0.5) is 15.3 Å². The van der Waals surface area contributed by atoms with Crippen LogP contribution in [0.5, 0.6) is 5.75 Å².